The summed E-state index contributed by atoms with van der Waals surface area (Å²) in [4.78, 5) is 24.3. The lowest BCUT2D eigenvalue weighted by atomic mass is 9.68. The summed E-state index contributed by atoms with van der Waals surface area (Å²) >= 11 is 6.08. The highest BCUT2D eigenvalue weighted by Gasteiger charge is 2.51. The van der Waals surface area contributed by atoms with Crippen molar-refractivity contribution in [3.8, 4) is 0 Å². The lowest BCUT2D eigenvalue weighted by Gasteiger charge is -2.40. The van der Waals surface area contributed by atoms with Crippen LogP contribution in [0.5, 0.6) is 0 Å². The lowest BCUT2D eigenvalue weighted by molar-refractivity contribution is -0.170. The number of allylic oxidation sites excluding steroid dienone is 1. The number of carboxylic acid groups (broad SMARTS) is 2. The molecule has 28 heavy (non-hydrogen) atoms. The van der Waals surface area contributed by atoms with Crippen molar-refractivity contribution in [1.29, 1.82) is 0 Å². The van der Waals surface area contributed by atoms with Crippen molar-refractivity contribution in [2.45, 2.75) is 32.0 Å². The molecule has 0 aliphatic heterocycles. The van der Waals surface area contributed by atoms with E-state index in [1.807, 2.05) is 30.3 Å². The van der Waals surface area contributed by atoms with E-state index in [1.54, 1.807) is 31.2 Å². The number of hydrogen-bond acceptors (Lipinski definition) is 3. The van der Waals surface area contributed by atoms with E-state index in [4.69, 9.17) is 16.3 Å². The second-order valence-electron chi connectivity index (χ2n) is 7.37. The molecule has 0 bridgehead atoms. The molecule has 2 N–H and O–H groups in total. The summed E-state index contributed by atoms with van der Waals surface area (Å²) < 4.78 is 5.87. The van der Waals surface area contributed by atoms with E-state index in [-0.39, 0.29) is 19.4 Å². The number of carboxylic acids is 2. The largest absolute Gasteiger partial charge is 0.481 e. The van der Waals surface area contributed by atoms with Gasteiger partial charge in [0.05, 0.1) is 12.0 Å². The van der Waals surface area contributed by atoms with Crippen molar-refractivity contribution < 1.29 is 24.5 Å². The first-order valence-corrected chi connectivity index (χ1v) is 9.24. The first-order chi connectivity index (χ1) is 13.2. The van der Waals surface area contributed by atoms with E-state index in [0.717, 1.165) is 5.56 Å². The Morgan fingerprint density at radius 3 is 2.39 bits per heavy atom. The minimum atomic E-state index is -1.75. The van der Waals surface area contributed by atoms with E-state index < -0.39 is 23.0 Å². The van der Waals surface area contributed by atoms with Gasteiger partial charge in [0.25, 0.3) is 0 Å². The Morgan fingerprint density at radius 2 is 1.79 bits per heavy atom. The Balaban J connectivity index is 2.05. The van der Waals surface area contributed by atoms with Gasteiger partial charge in [-0.2, -0.15) is 0 Å². The fourth-order valence-electron chi connectivity index (χ4n) is 3.55. The highest BCUT2D eigenvalue weighted by molar-refractivity contribution is 6.30. The summed E-state index contributed by atoms with van der Waals surface area (Å²) in [7, 11) is 0. The number of carbonyl (C=O) groups is 2. The molecule has 3 rings (SSSR count). The zero-order valence-corrected chi connectivity index (χ0v) is 16.1. The van der Waals surface area contributed by atoms with Crippen molar-refractivity contribution in [1.82, 2.24) is 0 Å². The fraction of sp³-hybridized carbons (Fsp3) is 0.273. The first kappa shape index (κ1) is 20.1. The zero-order valence-electron chi connectivity index (χ0n) is 15.4. The average molecular weight is 401 g/mol. The Morgan fingerprint density at radius 1 is 1.07 bits per heavy atom. The summed E-state index contributed by atoms with van der Waals surface area (Å²) in [5.41, 5.74) is -0.952. The molecule has 6 heteroatoms. The van der Waals surface area contributed by atoms with Crippen molar-refractivity contribution in [2.75, 3.05) is 0 Å². The summed E-state index contributed by atoms with van der Waals surface area (Å²) in [5, 5.41) is 20.3. The van der Waals surface area contributed by atoms with Gasteiger partial charge in [-0.1, -0.05) is 54.1 Å². The summed E-state index contributed by atoms with van der Waals surface area (Å²) in [5.74, 6) is -2.27. The summed E-state index contributed by atoms with van der Waals surface area (Å²) in [6, 6.07) is 16.1. The summed E-state index contributed by atoms with van der Waals surface area (Å²) in [6.07, 6.45) is 1.56. The van der Waals surface area contributed by atoms with Gasteiger partial charge in [-0.3, -0.25) is 4.79 Å². The van der Waals surface area contributed by atoms with Crippen LogP contribution in [0.1, 0.15) is 30.9 Å². The van der Waals surface area contributed by atoms with Crippen LogP contribution >= 0.6 is 11.6 Å². The van der Waals surface area contributed by atoms with Crippen LogP contribution in [-0.2, 0) is 20.9 Å². The molecule has 0 radical (unpaired) electrons. The standard InChI is InChI=1S/C22H21ClO5/c1-21(19(24)25)11-17(16-8-5-9-18(23)10-16)12-22(14-21,20(26)27)28-13-15-6-3-2-4-7-15/h2-10,12H,11,13-14H2,1H3,(H,24,25)(H,26,27). The highest BCUT2D eigenvalue weighted by atomic mass is 35.5. The Kier molecular flexibility index (Phi) is 5.59. The SMILES string of the molecule is CC1(C(=O)O)CC(c2cccc(Cl)c2)=CC(OCc2ccccc2)(C(=O)O)C1. The maximum absolute atomic E-state index is 12.3. The topological polar surface area (TPSA) is 83.8 Å². The van der Waals surface area contributed by atoms with E-state index in [0.29, 0.717) is 16.2 Å². The molecule has 0 amide bonds. The van der Waals surface area contributed by atoms with Gasteiger partial charge in [-0.05, 0) is 48.3 Å². The zero-order chi connectivity index (χ0) is 20.4. The molecule has 0 aromatic heterocycles. The van der Waals surface area contributed by atoms with Crippen LogP contribution in [0.2, 0.25) is 5.02 Å². The molecule has 0 saturated heterocycles. The molecule has 2 unspecified atom stereocenters. The van der Waals surface area contributed by atoms with Crippen LogP contribution < -0.4 is 0 Å². The van der Waals surface area contributed by atoms with Crippen LogP contribution in [-0.4, -0.2) is 27.8 Å². The molecule has 2 aromatic carbocycles. The third kappa shape index (κ3) is 4.11. The van der Waals surface area contributed by atoms with E-state index >= 15 is 0 Å². The molecule has 2 atom stereocenters. The van der Waals surface area contributed by atoms with Crippen LogP contribution in [0.15, 0.2) is 60.7 Å². The van der Waals surface area contributed by atoms with Gasteiger partial charge in [-0.15, -0.1) is 0 Å². The predicted molar refractivity (Wildman–Crippen MR) is 106 cm³/mol. The van der Waals surface area contributed by atoms with Gasteiger partial charge < -0.3 is 14.9 Å². The molecule has 5 nitrogen and oxygen atoms in total. The first-order valence-electron chi connectivity index (χ1n) is 8.86. The molecule has 0 saturated carbocycles. The molecule has 1 aliphatic carbocycles. The average Bonchev–Trinajstić information content (AvgIpc) is 2.66. The van der Waals surface area contributed by atoms with Gasteiger partial charge in [0.1, 0.15) is 0 Å². The number of halogens is 1. The molecule has 0 spiro atoms. The normalized spacial score (nSPS) is 24.4. The van der Waals surface area contributed by atoms with Crippen molar-refractivity contribution in [3.05, 3.63) is 76.8 Å². The van der Waals surface area contributed by atoms with E-state index in [1.165, 1.54) is 6.08 Å². The van der Waals surface area contributed by atoms with Crippen LogP contribution in [0, 0.1) is 5.41 Å². The van der Waals surface area contributed by atoms with Crippen molar-refractivity contribution in [3.63, 3.8) is 0 Å². The van der Waals surface area contributed by atoms with Crippen LogP contribution in [0.4, 0.5) is 0 Å². The molecule has 0 heterocycles. The van der Waals surface area contributed by atoms with E-state index in [2.05, 4.69) is 0 Å². The molecular formula is C22H21ClO5. The molecule has 0 fully saturated rings. The highest BCUT2D eigenvalue weighted by Crippen LogP contribution is 2.46. The van der Waals surface area contributed by atoms with Gasteiger partial charge in [-0.25, -0.2) is 4.79 Å². The molecule has 1 aliphatic rings. The van der Waals surface area contributed by atoms with Gasteiger partial charge in [0.2, 0.25) is 0 Å². The van der Waals surface area contributed by atoms with Gasteiger partial charge >= 0.3 is 11.9 Å². The fourth-order valence-corrected chi connectivity index (χ4v) is 3.74. The maximum atomic E-state index is 12.3. The number of aliphatic carboxylic acids is 2. The lowest BCUT2D eigenvalue weighted by Crippen LogP contribution is -2.49. The molecular weight excluding hydrogens is 380 g/mol. The Labute approximate surface area is 168 Å². The number of benzene rings is 2. The minimum Gasteiger partial charge on any atom is -0.481 e. The third-order valence-corrected chi connectivity index (χ3v) is 5.29. The second kappa shape index (κ2) is 7.78. The summed E-state index contributed by atoms with van der Waals surface area (Å²) in [6.45, 7) is 1.61. The maximum Gasteiger partial charge on any atom is 0.340 e. The third-order valence-electron chi connectivity index (χ3n) is 5.05. The van der Waals surface area contributed by atoms with E-state index in [9.17, 15) is 19.8 Å². The number of ether oxygens (including phenoxy) is 1. The molecule has 2 aromatic rings. The van der Waals surface area contributed by atoms with Crippen LogP contribution in [0.3, 0.4) is 0 Å². The van der Waals surface area contributed by atoms with Gasteiger partial charge in [0, 0.05) is 11.4 Å². The predicted octanol–water partition coefficient (Wildman–Crippen LogP) is 4.65. The minimum absolute atomic E-state index is 0.0577. The van der Waals surface area contributed by atoms with Crippen molar-refractivity contribution in [2.24, 2.45) is 5.41 Å². The Bertz CT molecular complexity index is 924. The number of hydrogen-bond donors (Lipinski definition) is 2. The van der Waals surface area contributed by atoms with Gasteiger partial charge in [0.15, 0.2) is 5.60 Å². The number of rotatable bonds is 6. The van der Waals surface area contributed by atoms with Crippen LogP contribution in [0.25, 0.3) is 5.57 Å². The smallest absolute Gasteiger partial charge is 0.340 e. The Hall–Kier alpha value is -2.63. The molecule has 146 valence electrons. The quantitative estimate of drug-likeness (QED) is 0.737. The second-order valence-corrected chi connectivity index (χ2v) is 7.80. The monoisotopic (exact) mass is 400 g/mol. The van der Waals surface area contributed by atoms with Crippen molar-refractivity contribution >= 4 is 29.1 Å².